The predicted molar refractivity (Wildman–Crippen MR) is 32.6 cm³/mol. The maximum absolute atomic E-state index is 11.2. The van der Waals surface area contributed by atoms with Crippen LogP contribution in [-0.2, 0) is 4.79 Å². The lowest BCUT2D eigenvalue weighted by atomic mass is 10.1. The van der Waals surface area contributed by atoms with Gasteiger partial charge >= 0.3 is 0 Å². The Hall–Kier alpha value is -0.330. The maximum Gasteiger partial charge on any atom is 0.135 e. The smallest absolute Gasteiger partial charge is 0.135 e. The van der Waals surface area contributed by atoms with Crippen molar-refractivity contribution < 1.29 is 8.91 Å². The van der Waals surface area contributed by atoms with E-state index in [2.05, 4.69) is 0 Å². The Bertz CT molecular complexity index is 198. The number of ketones is 1. The van der Waals surface area contributed by atoms with Gasteiger partial charge in [-0.25, -0.2) is 0 Å². The minimum absolute atomic E-state index is 0.322. The summed E-state index contributed by atoms with van der Waals surface area (Å²) in [4.78, 5) is 11.2. The van der Waals surface area contributed by atoms with Crippen molar-refractivity contribution in [2.45, 2.75) is 26.6 Å². The lowest BCUT2D eigenvalue weighted by Gasteiger charge is -1.94. The fourth-order valence-electron chi connectivity index (χ4n) is 0.950. The average Bonchev–Trinajstić information content (AvgIpc) is 1.94. The molecule has 0 bridgehead atoms. The van der Waals surface area contributed by atoms with Gasteiger partial charge in [0.15, 0.2) is 0 Å². The Balaban J connectivity index is 2.99. The van der Waals surface area contributed by atoms with Crippen LogP contribution in [0.5, 0.6) is 0 Å². The first-order chi connectivity index (χ1) is 4.78. The van der Waals surface area contributed by atoms with Gasteiger partial charge in [0, 0.05) is 16.4 Å². The van der Waals surface area contributed by atoms with Gasteiger partial charge in [0.2, 0.25) is 0 Å². The van der Waals surface area contributed by atoms with Gasteiger partial charge in [-0.05, 0) is 12.3 Å². The zero-order valence-electron chi connectivity index (χ0n) is 8.19. The molecule has 1 saturated carbocycles. The van der Waals surface area contributed by atoms with Gasteiger partial charge in [0.25, 0.3) is 0 Å². The largest absolute Gasteiger partial charge is 0.299 e. The first-order valence-corrected chi connectivity index (χ1v) is 2.83. The number of carbonyl (C=O) groups excluding carboxylic acids is 1. The highest BCUT2D eigenvalue weighted by molar-refractivity contribution is 5.82. The lowest BCUT2D eigenvalue weighted by molar-refractivity contribution is -0.120. The molecule has 0 aliphatic heterocycles. The van der Waals surface area contributed by atoms with E-state index in [-0.39, 0.29) is 5.92 Å². The van der Waals surface area contributed by atoms with Crippen LogP contribution in [0.15, 0.2) is 0 Å². The molecule has 1 nitrogen and oxygen atoms in total. The van der Waals surface area contributed by atoms with Crippen LogP contribution in [0.2, 0.25) is 0 Å². The van der Waals surface area contributed by atoms with E-state index in [1.54, 1.807) is 6.92 Å². The summed E-state index contributed by atoms with van der Waals surface area (Å²) in [6.07, 6.45) is -1.45. The summed E-state index contributed by atoms with van der Waals surface area (Å²) in [6, 6.07) is 0. The van der Waals surface area contributed by atoms with E-state index in [1.165, 1.54) is 6.92 Å². The molecule has 2 unspecified atom stereocenters. The molecule has 0 N–H and O–H groups in total. The monoisotopic (exact) mass is 115 g/mol. The number of carbonyl (C=O) groups is 1. The minimum atomic E-state index is -1.78. The molecule has 46 valence electrons. The Morgan fingerprint density at radius 2 is 2.50 bits per heavy atom. The summed E-state index contributed by atoms with van der Waals surface area (Å²) in [6.45, 7) is 3.16. The Kier molecular flexibility index (Phi) is 0.706. The normalized spacial score (nSPS) is 59.5. The SMILES string of the molecule is [2H]C1(C)CC(C)C([2H])([2H])C1=O. The predicted octanol–water partition coefficient (Wildman–Crippen LogP) is 1.62. The van der Waals surface area contributed by atoms with E-state index in [4.69, 9.17) is 4.11 Å². The van der Waals surface area contributed by atoms with Crippen molar-refractivity contribution in [1.82, 2.24) is 0 Å². The molecule has 1 rings (SSSR count). The summed E-state index contributed by atoms with van der Waals surface area (Å²) in [5.41, 5.74) is 0. The third-order valence-corrected chi connectivity index (χ3v) is 1.38. The molecule has 0 aromatic heterocycles. The number of hydrogen-bond acceptors (Lipinski definition) is 1. The van der Waals surface area contributed by atoms with Crippen LogP contribution in [0.25, 0.3) is 0 Å². The molecule has 8 heavy (non-hydrogen) atoms. The van der Waals surface area contributed by atoms with Crippen LogP contribution in [0.4, 0.5) is 0 Å². The van der Waals surface area contributed by atoms with Crippen LogP contribution in [0.3, 0.4) is 0 Å². The second-order valence-corrected chi connectivity index (χ2v) is 2.36. The zero-order valence-corrected chi connectivity index (χ0v) is 5.19. The molecule has 0 heterocycles. The molecule has 1 aliphatic carbocycles. The van der Waals surface area contributed by atoms with E-state index in [1.807, 2.05) is 0 Å². The van der Waals surface area contributed by atoms with E-state index in [9.17, 15) is 4.79 Å². The van der Waals surface area contributed by atoms with Gasteiger partial charge in [-0.15, -0.1) is 0 Å². The van der Waals surface area contributed by atoms with Crippen LogP contribution >= 0.6 is 0 Å². The summed E-state index contributed by atoms with van der Waals surface area (Å²) in [5.74, 6) is -2.10. The molecule has 0 spiro atoms. The van der Waals surface area contributed by atoms with E-state index in [0.29, 0.717) is 6.42 Å². The Morgan fingerprint density at radius 3 is 2.62 bits per heavy atom. The molecule has 1 heteroatoms. The van der Waals surface area contributed by atoms with Crippen molar-refractivity contribution in [1.29, 1.82) is 0 Å². The van der Waals surface area contributed by atoms with Crippen molar-refractivity contribution in [3.8, 4) is 0 Å². The van der Waals surface area contributed by atoms with Crippen LogP contribution in [-0.4, -0.2) is 5.78 Å². The molecule has 0 aromatic rings. The summed E-state index contributed by atoms with van der Waals surface area (Å²) < 4.78 is 22.2. The van der Waals surface area contributed by atoms with Crippen LogP contribution in [0.1, 0.15) is 30.8 Å². The highest BCUT2D eigenvalue weighted by Crippen LogP contribution is 2.25. The van der Waals surface area contributed by atoms with E-state index < -0.39 is 18.1 Å². The standard InChI is InChI=1S/C7H12O/c1-5-3-6(2)7(8)4-5/h5-6H,3-4H2,1-2H3/i4D2,6D. The quantitative estimate of drug-likeness (QED) is 0.469. The molecule has 0 amide bonds. The van der Waals surface area contributed by atoms with Gasteiger partial charge in [-0.2, -0.15) is 0 Å². The third kappa shape index (κ3) is 0.908. The van der Waals surface area contributed by atoms with Crippen molar-refractivity contribution >= 4 is 5.78 Å². The third-order valence-electron chi connectivity index (χ3n) is 1.38. The summed E-state index contributed by atoms with van der Waals surface area (Å²) in [5, 5.41) is 0. The average molecular weight is 115 g/mol. The van der Waals surface area contributed by atoms with Gasteiger partial charge in [0.05, 0.1) is 0 Å². The van der Waals surface area contributed by atoms with E-state index >= 15 is 0 Å². The van der Waals surface area contributed by atoms with Crippen molar-refractivity contribution in [2.24, 2.45) is 11.8 Å². The molecule has 0 aromatic carbocycles. The fourth-order valence-corrected chi connectivity index (χ4v) is 0.950. The van der Waals surface area contributed by atoms with E-state index in [0.717, 1.165) is 0 Å². The number of hydrogen-bond donors (Lipinski definition) is 0. The van der Waals surface area contributed by atoms with Crippen LogP contribution < -0.4 is 0 Å². The Morgan fingerprint density at radius 1 is 1.88 bits per heavy atom. The molecule has 1 aliphatic rings. The Labute approximate surface area is 54.3 Å². The second-order valence-electron chi connectivity index (χ2n) is 2.36. The minimum Gasteiger partial charge on any atom is -0.299 e. The van der Waals surface area contributed by atoms with Gasteiger partial charge in [-0.1, -0.05) is 13.8 Å². The van der Waals surface area contributed by atoms with Gasteiger partial charge < -0.3 is 0 Å². The first-order valence-electron chi connectivity index (χ1n) is 4.33. The van der Waals surface area contributed by atoms with Gasteiger partial charge in [-0.3, -0.25) is 4.79 Å². The number of rotatable bonds is 0. The van der Waals surface area contributed by atoms with Gasteiger partial charge in [0.1, 0.15) is 5.78 Å². The van der Waals surface area contributed by atoms with Crippen molar-refractivity contribution in [3.05, 3.63) is 0 Å². The lowest BCUT2D eigenvalue weighted by Crippen LogP contribution is -1.98. The fraction of sp³-hybridized carbons (Fsp3) is 0.857. The molecule has 0 radical (unpaired) electrons. The maximum atomic E-state index is 11.2. The molecule has 1 fully saturated rings. The first kappa shape index (κ1) is 3.00. The van der Waals surface area contributed by atoms with Crippen molar-refractivity contribution in [3.63, 3.8) is 0 Å². The van der Waals surface area contributed by atoms with Crippen LogP contribution in [0, 0.1) is 11.8 Å². The topological polar surface area (TPSA) is 17.1 Å². The molecular formula is C7H12O. The molecule has 0 saturated heterocycles. The van der Waals surface area contributed by atoms with Crippen molar-refractivity contribution in [2.75, 3.05) is 0 Å². The zero-order chi connectivity index (χ0) is 8.86. The number of Topliss-reactive ketones (excluding diaryl/α,β-unsaturated/α-hetero) is 1. The second kappa shape index (κ2) is 1.88. The summed E-state index contributed by atoms with van der Waals surface area (Å²) in [7, 11) is 0. The molecule has 2 atom stereocenters. The summed E-state index contributed by atoms with van der Waals surface area (Å²) >= 11 is 0. The molecular weight excluding hydrogens is 100 g/mol. The highest BCUT2D eigenvalue weighted by Gasteiger charge is 2.25. The highest BCUT2D eigenvalue weighted by atomic mass is 16.1.